The molecule has 1 aliphatic carbocycles. The Bertz CT molecular complexity index is 838. The Kier molecular flexibility index (Phi) is 5.03. The van der Waals surface area contributed by atoms with Gasteiger partial charge in [-0.3, -0.25) is 0 Å². The average molecular weight is 350 g/mol. The number of sulfone groups is 1. The number of esters is 1. The summed E-state index contributed by atoms with van der Waals surface area (Å²) in [4.78, 5) is 12.2. The zero-order chi connectivity index (χ0) is 18.1. The normalized spacial score (nSPS) is 17.7. The standard InChI is InChI=1S/C17H22N2O4S/c1-5-23-17(20)13-9-14(18)16(11(13)3)19-15-7-6-12(8-10(15)2)24(4,21)22/h6-9,16,19H,5,18H2,1-4H3. The fourth-order valence-corrected chi connectivity index (χ4v) is 3.28. The van der Waals surface area contributed by atoms with Gasteiger partial charge >= 0.3 is 5.97 Å². The van der Waals surface area contributed by atoms with Crippen LogP contribution in [0.25, 0.3) is 0 Å². The van der Waals surface area contributed by atoms with Crippen LogP contribution in [0.2, 0.25) is 0 Å². The molecule has 2 rings (SSSR count). The summed E-state index contributed by atoms with van der Waals surface area (Å²) in [5, 5.41) is 3.26. The van der Waals surface area contributed by atoms with Crippen LogP contribution >= 0.6 is 0 Å². The van der Waals surface area contributed by atoms with Gasteiger partial charge in [-0.05, 0) is 56.2 Å². The Morgan fingerprint density at radius 1 is 1.33 bits per heavy atom. The molecule has 0 spiro atoms. The van der Waals surface area contributed by atoms with Gasteiger partial charge in [0, 0.05) is 17.6 Å². The van der Waals surface area contributed by atoms with E-state index in [0.29, 0.717) is 17.9 Å². The van der Waals surface area contributed by atoms with E-state index in [1.807, 2.05) is 13.8 Å². The number of aryl methyl sites for hydroxylation is 1. The maximum atomic E-state index is 11.9. The van der Waals surface area contributed by atoms with Crippen LogP contribution in [0, 0.1) is 6.92 Å². The van der Waals surface area contributed by atoms with Crippen LogP contribution in [-0.2, 0) is 19.4 Å². The molecule has 24 heavy (non-hydrogen) atoms. The van der Waals surface area contributed by atoms with E-state index >= 15 is 0 Å². The van der Waals surface area contributed by atoms with Gasteiger partial charge in [0.15, 0.2) is 9.84 Å². The van der Waals surface area contributed by atoms with Crippen molar-refractivity contribution in [2.75, 3.05) is 18.2 Å². The lowest BCUT2D eigenvalue weighted by Crippen LogP contribution is -2.26. The third-order valence-corrected chi connectivity index (χ3v) is 5.03. The number of rotatable bonds is 5. The molecule has 0 heterocycles. The maximum absolute atomic E-state index is 11.9. The second-order valence-electron chi connectivity index (χ2n) is 5.79. The molecule has 0 saturated carbocycles. The van der Waals surface area contributed by atoms with E-state index in [4.69, 9.17) is 10.5 Å². The Morgan fingerprint density at radius 2 is 2.00 bits per heavy atom. The van der Waals surface area contributed by atoms with Crippen molar-refractivity contribution in [1.82, 2.24) is 0 Å². The van der Waals surface area contributed by atoms with E-state index in [-0.39, 0.29) is 10.9 Å². The summed E-state index contributed by atoms with van der Waals surface area (Å²) in [7, 11) is -3.25. The third kappa shape index (κ3) is 3.62. The van der Waals surface area contributed by atoms with Crippen LogP contribution in [0.15, 0.2) is 46.0 Å². The third-order valence-electron chi connectivity index (χ3n) is 3.92. The van der Waals surface area contributed by atoms with Crippen LogP contribution in [0.4, 0.5) is 5.69 Å². The topological polar surface area (TPSA) is 98.5 Å². The molecule has 3 N–H and O–H groups in total. The summed E-state index contributed by atoms with van der Waals surface area (Å²) < 4.78 is 28.3. The quantitative estimate of drug-likeness (QED) is 0.787. The minimum atomic E-state index is -3.25. The predicted molar refractivity (Wildman–Crippen MR) is 93.3 cm³/mol. The van der Waals surface area contributed by atoms with Crippen LogP contribution in [-0.4, -0.2) is 33.3 Å². The fourth-order valence-electron chi connectivity index (χ4n) is 2.57. The molecule has 0 saturated heterocycles. The second kappa shape index (κ2) is 6.68. The summed E-state index contributed by atoms with van der Waals surface area (Å²) >= 11 is 0. The molecule has 0 aromatic heterocycles. The Labute approximate surface area is 142 Å². The lowest BCUT2D eigenvalue weighted by molar-refractivity contribution is -0.138. The van der Waals surface area contributed by atoms with Crippen molar-refractivity contribution < 1.29 is 17.9 Å². The molecule has 1 atom stereocenters. The van der Waals surface area contributed by atoms with Crippen LogP contribution in [0.1, 0.15) is 19.4 Å². The van der Waals surface area contributed by atoms with E-state index in [1.54, 1.807) is 31.2 Å². The molecular formula is C17H22N2O4S. The van der Waals surface area contributed by atoms with Crippen molar-refractivity contribution in [3.8, 4) is 0 Å². The first kappa shape index (κ1) is 18.1. The molecule has 0 amide bonds. The highest BCUT2D eigenvalue weighted by Gasteiger charge is 2.27. The number of carbonyl (C=O) groups excluding carboxylic acids is 1. The van der Waals surface area contributed by atoms with Crippen LogP contribution in [0.3, 0.4) is 0 Å². The second-order valence-corrected chi connectivity index (χ2v) is 7.80. The van der Waals surface area contributed by atoms with Gasteiger partial charge in [0.05, 0.1) is 23.1 Å². The molecular weight excluding hydrogens is 328 g/mol. The highest BCUT2D eigenvalue weighted by molar-refractivity contribution is 7.90. The molecule has 0 fully saturated rings. The largest absolute Gasteiger partial charge is 0.462 e. The fraction of sp³-hybridized carbons (Fsp3) is 0.353. The summed E-state index contributed by atoms with van der Waals surface area (Å²) in [6, 6.07) is 4.53. The Morgan fingerprint density at radius 3 is 2.54 bits per heavy atom. The predicted octanol–water partition coefficient (Wildman–Crippen LogP) is 1.91. The van der Waals surface area contributed by atoms with Crippen molar-refractivity contribution in [2.45, 2.75) is 31.7 Å². The average Bonchev–Trinajstić information content (AvgIpc) is 2.76. The van der Waals surface area contributed by atoms with Gasteiger partial charge in [-0.1, -0.05) is 0 Å². The molecule has 0 radical (unpaired) electrons. The highest BCUT2D eigenvalue weighted by atomic mass is 32.2. The zero-order valence-electron chi connectivity index (χ0n) is 14.2. The molecule has 1 aliphatic rings. The molecule has 6 nitrogen and oxygen atoms in total. The molecule has 1 unspecified atom stereocenters. The lowest BCUT2D eigenvalue weighted by atomic mass is 10.1. The minimum absolute atomic E-state index is 0.264. The van der Waals surface area contributed by atoms with Gasteiger partial charge in [-0.2, -0.15) is 0 Å². The first-order valence-corrected chi connectivity index (χ1v) is 9.46. The summed E-state index contributed by atoms with van der Waals surface area (Å²) in [5.41, 5.74) is 9.33. The number of benzene rings is 1. The van der Waals surface area contributed by atoms with Gasteiger partial charge in [-0.25, -0.2) is 13.2 Å². The smallest absolute Gasteiger partial charge is 0.338 e. The van der Waals surface area contributed by atoms with Crippen molar-refractivity contribution >= 4 is 21.5 Å². The van der Waals surface area contributed by atoms with E-state index in [0.717, 1.165) is 16.8 Å². The van der Waals surface area contributed by atoms with Crippen LogP contribution < -0.4 is 11.1 Å². The summed E-state index contributed by atoms with van der Waals surface area (Å²) in [5.74, 6) is -0.397. The van der Waals surface area contributed by atoms with Gasteiger partial charge < -0.3 is 15.8 Å². The maximum Gasteiger partial charge on any atom is 0.338 e. The first-order valence-electron chi connectivity index (χ1n) is 7.57. The number of nitrogens with two attached hydrogens (primary N) is 1. The van der Waals surface area contributed by atoms with Gasteiger partial charge in [-0.15, -0.1) is 0 Å². The van der Waals surface area contributed by atoms with Gasteiger partial charge in [0.25, 0.3) is 0 Å². The van der Waals surface area contributed by atoms with Crippen LogP contribution in [0.5, 0.6) is 0 Å². The minimum Gasteiger partial charge on any atom is -0.462 e. The molecule has 7 heteroatoms. The monoisotopic (exact) mass is 350 g/mol. The summed E-state index contributed by atoms with van der Waals surface area (Å²) in [6.45, 7) is 5.68. The molecule has 130 valence electrons. The van der Waals surface area contributed by atoms with Crippen molar-refractivity contribution in [1.29, 1.82) is 0 Å². The van der Waals surface area contributed by atoms with E-state index < -0.39 is 15.8 Å². The number of anilines is 1. The lowest BCUT2D eigenvalue weighted by Gasteiger charge is -2.20. The number of hydrogen-bond donors (Lipinski definition) is 2. The van der Waals surface area contributed by atoms with Crippen molar-refractivity contribution in [2.24, 2.45) is 5.73 Å². The Balaban J connectivity index is 2.29. The number of ether oxygens (including phenoxy) is 1. The molecule has 1 aromatic rings. The van der Waals surface area contributed by atoms with Gasteiger partial charge in [0.2, 0.25) is 0 Å². The SMILES string of the molecule is CCOC(=O)C1=C(C)C(Nc2ccc(S(C)(=O)=O)cc2C)C(N)=C1. The van der Waals surface area contributed by atoms with E-state index in [9.17, 15) is 13.2 Å². The first-order chi connectivity index (χ1) is 11.1. The highest BCUT2D eigenvalue weighted by Crippen LogP contribution is 2.29. The number of carbonyl (C=O) groups is 1. The molecule has 0 bridgehead atoms. The van der Waals surface area contributed by atoms with Crippen molar-refractivity contribution in [3.63, 3.8) is 0 Å². The Hall–Kier alpha value is -2.28. The number of hydrogen-bond acceptors (Lipinski definition) is 6. The summed E-state index contributed by atoms with van der Waals surface area (Å²) in [6.07, 6.45) is 2.79. The molecule has 1 aromatic carbocycles. The van der Waals surface area contributed by atoms with Gasteiger partial charge in [0.1, 0.15) is 0 Å². The van der Waals surface area contributed by atoms with E-state index in [1.165, 1.54) is 6.26 Å². The van der Waals surface area contributed by atoms with E-state index in [2.05, 4.69) is 5.32 Å². The molecule has 0 aliphatic heterocycles. The zero-order valence-corrected chi connectivity index (χ0v) is 15.0. The van der Waals surface area contributed by atoms with Crippen molar-refractivity contribution in [3.05, 3.63) is 46.7 Å². The number of nitrogens with one attached hydrogen (secondary N) is 1.